The first kappa shape index (κ1) is 22.0. The molecule has 2 aromatic rings. The monoisotopic (exact) mass is 434 g/mol. The molecule has 158 valence electrons. The third kappa shape index (κ3) is 5.05. The number of amides is 1. The number of carbonyl (C=O) groups is 1. The summed E-state index contributed by atoms with van der Waals surface area (Å²) in [6.07, 6.45) is -4.38. The summed E-state index contributed by atoms with van der Waals surface area (Å²) in [6, 6.07) is 9.21. The van der Waals surface area contributed by atoms with Crippen molar-refractivity contribution in [2.45, 2.75) is 25.0 Å². The Morgan fingerprint density at radius 3 is 2.53 bits per heavy atom. The number of aryl methyl sites for hydroxylation is 2. The van der Waals surface area contributed by atoms with Crippen LogP contribution in [-0.4, -0.2) is 47.7 Å². The third-order valence-electron chi connectivity index (χ3n) is 4.93. The SMILES string of the molecule is Cc1cc(C)c(C#N)c(SCC(=O)N2CCN(c3cccc(C(F)(F)F)c3)CC2)n1. The Balaban J connectivity index is 1.58. The predicted octanol–water partition coefficient (Wildman–Crippen LogP) is 4.03. The fourth-order valence-electron chi connectivity index (χ4n) is 3.36. The van der Waals surface area contributed by atoms with E-state index in [9.17, 15) is 23.2 Å². The van der Waals surface area contributed by atoms with Crippen molar-refractivity contribution in [3.8, 4) is 6.07 Å². The number of aromatic nitrogens is 1. The van der Waals surface area contributed by atoms with Gasteiger partial charge < -0.3 is 9.80 Å². The van der Waals surface area contributed by atoms with Crippen LogP contribution in [-0.2, 0) is 11.0 Å². The molecule has 1 aliphatic rings. The first-order valence-corrected chi connectivity index (χ1v) is 10.4. The summed E-state index contributed by atoms with van der Waals surface area (Å²) in [6.45, 7) is 5.47. The fourth-order valence-corrected chi connectivity index (χ4v) is 4.36. The number of anilines is 1. The van der Waals surface area contributed by atoms with Crippen LogP contribution in [0.1, 0.15) is 22.4 Å². The molecular formula is C21H21F3N4OS. The van der Waals surface area contributed by atoms with Gasteiger partial charge in [0.15, 0.2) is 0 Å². The minimum absolute atomic E-state index is 0.0754. The molecule has 1 saturated heterocycles. The van der Waals surface area contributed by atoms with Gasteiger partial charge in [0.2, 0.25) is 5.91 Å². The molecule has 0 bridgehead atoms. The Kier molecular flexibility index (Phi) is 6.56. The van der Waals surface area contributed by atoms with Crippen molar-refractivity contribution in [2.75, 3.05) is 36.8 Å². The maximum atomic E-state index is 12.9. The lowest BCUT2D eigenvalue weighted by atomic mass is 10.1. The molecule has 0 saturated carbocycles. The van der Waals surface area contributed by atoms with Gasteiger partial charge in [0.05, 0.1) is 16.9 Å². The van der Waals surface area contributed by atoms with Gasteiger partial charge >= 0.3 is 6.18 Å². The first-order chi connectivity index (χ1) is 14.2. The van der Waals surface area contributed by atoms with E-state index in [-0.39, 0.29) is 11.7 Å². The molecule has 0 atom stereocenters. The van der Waals surface area contributed by atoms with Gasteiger partial charge in [-0.15, -0.1) is 0 Å². The number of benzene rings is 1. The van der Waals surface area contributed by atoms with Crippen LogP contribution in [0.2, 0.25) is 0 Å². The second kappa shape index (κ2) is 8.96. The maximum Gasteiger partial charge on any atom is 0.416 e. The standard InChI is InChI=1S/C21H21F3N4OS/c1-14-10-15(2)26-20(18(14)12-25)30-13-19(29)28-8-6-27(7-9-28)17-5-3-4-16(11-17)21(22,23)24/h3-5,10-11H,6-9,13H2,1-2H3. The molecular weight excluding hydrogens is 413 g/mol. The van der Waals surface area contributed by atoms with Gasteiger partial charge in [-0.3, -0.25) is 4.79 Å². The van der Waals surface area contributed by atoms with E-state index in [0.717, 1.165) is 23.4 Å². The molecule has 1 aromatic heterocycles. The highest BCUT2D eigenvalue weighted by Crippen LogP contribution is 2.32. The average molecular weight is 434 g/mol. The van der Waals surface area contributed by atoms with Crippen LogP contribution in [0.25, 0.3) is 0 Å². The fraction of sp³-hybridized carbons (Fsp3) is 0.381. The molecule has 0 N–H and O–H groups in total. The minimum atomic E-state index is -4.38. The minimum Gasteiger partial charge on any atom is -0.368 e. The van der Waals surface area contributed by atoms with E-state index in [4.69, 9.17) is 0 Å². The van der Waals surface area contributed by atoms with E-state index in [2.05, 4.69) is 11.1 Å². The summed E-state index contributed by atoms with van der Waals surface area (Å²) >= 11 is 1.24. The number of hydrogen-bond acceptors (Lipinski definition) is 5. The molecule has 0 aliphatic carbocycles. The highest BCUT2D eigenvalue weighted by molar-refractivity contribution is 8.00. The van der Waals surface area contributed by atoms with E-state index in [1.807, 2.05) is 24.8 Å². The number of thioether (sulfide) groups is 1. The lowest BCUT2D eigenvalue weighted by molar-refractivity contribution is -0.137. The lowest BCUT2D eigenvalue weighted by Gasteiger charge is -2.36. The lowest BCUT2D eigenvalue weighted by Crippen LogP contribution is -2.49. The molecule has 3 rings (SSSR count). The van der Waals surface area contributed by atoms with E-state index in [0.29, 0.717) is 42.5 Å². The first-order valence-electron chi connectivity index (χ1n) is 9.40. The molecule has 1 aromatic carbocycles. The molecule has 0 radical (unpaired) electrons. The van der Waals surface area contributed by atoms with Crippen molar-refractivity contribution in [1.82, 2.24) is 9.88 Å². The van der Waals surface area contributed by atoms with Crippen LogP contribution in [0.5, 0.6) is 0 Å². The quantitative estimate of drug-likeness (QED) is 0.680. The van der Waals surface area contributed by atoms with Gasteiger partial charge in [0, 0.05) is 37.6 Å². The highest BCUT2D eigenvalue weighted by Gasteiger charge is 2.31. The molecule has 9 heteroatoms. The largest absolute Gasteiger partial charge is 0.416 e. The number of nitriles is 1. The van der Waals surface area contributed by atoms with Gasteiger partial charge in [0.25, 0.3) is 0 Å². The molecule has 5 nitrogen and oxygen atoms in total. The number of nitrogens with zero attached hydrogens (tertiary/aromatic N) is 4. The average Bonchev–Trinajstić information content (AvgIpc) is 2.71. The summed E-state index contributed by atoms with van der Waals surface area (Å²) in [5.74, 6) is 0.0854. The summed E-state index contributed by atoms with van der Waals surface area (Å²) in [5.41, 5.74) is 1.92. The third-order valence-corrected chi connectivity index (χ3v) is 5.89. The van der Waals surface area contributed by atoms with Crippen molar-refractivity contribution in [2.24, 2.45) is 0 Å². The van der Waals surface area contributed by atoms with Crippen molar-refractivity contribution in [3.63, 3.8) is 0 Å². The summed E-state index contributed by atoms with van der Waals surface area (Å²) in [5, 5.41) is 9.88. The van der Waals surface area contributed by atoms with Crippen molar-refractivity contribution >= 4 is 23.4 Å². The zero-order valence-electron chi connectivity index (χ0n) is 16.7. The van der Waals surface area contributed by atoms with Gasteiger partial charge in [-0.25, -0.2) is 4.98 Å². The molecule has 0 unspecified atom stereocenters. The van der Waals surface area contributed by atoms with Gasteiger partial charge in [0.1, 0.15) is 11.1 Å². The normalized spacial score (nSPS) is 14.5. The van der Waals surface area contributed by atoms with E-state index in [1.165, 1.54) is 17.8 Å². The van der Waals surface area contributed by atoms with Crippen molar-refractivity contribution in [1.29, 1.82) is 5.26 Å². The second-order valence-electron chi connectivity index (χ2n) is 7.08. The van der Waals surface area contributed by atoms with Crippen LogP contribution in [0.4, 0.5) is 18.9 Å². The summed E-state index contributed by atoms with van der Waals surface area (Å²) in [4.78, 5) is 20.5. The zero-order chi connectivity index (χ0) is 21.9. The van der Waals surface area contributed by atoms with Crippen molar-refractivity contribution in [3.05, 3.63) is 52.7 Å². The van der Waals surface area contributed by atoms with Crippen LogP contribution in [0, 0.1) is 25.2 Å². The zero-order valence-corrected chi connectivity index (χ0v) is 17.5. The van der Waals surface area contributed by atoms with Crippen LogP contribution in [0.15, 0.2) is 35.4 Å². The number of hydrogen-bond donors (Lipinski definition) is 0. The molecule has 2 heterocycles. The van der Waals surface area contributed by atoms with E-state index in [1.54, 1.807) is 11.0 Å². The van der Waals surface area contributed by atoms with Gasteiger partial charge in [-0.1, -0.05) is 17.8 Å². The Hall–Kier alpha value is -2.73. The smallest absolute Gasteiger partial charge is 0.368 e. The number of piperazine rings is 1. The predicted molar refractivity (Wildman–Crippen MR) is 109 cm³/mol. The molecule has 30 heavy (non-hydrogen) atoms. The molecule has 0 spiro atoms. The molecule has 1 fully saturated rings. The van der Waals surface area contributed by atoms with E-state index >= 15 is 0 Å². The van der Waals surface area contributed by atoms with Crippen LogP contribution in [0.3, 0.4) is 0 Å². The Morgan fingerprint density at radius 1 is 1.20 bits per heavy atom. The summed E-state index contributed by atoms with van der Waals surface area (Å²) in [7, 11) is 0. The van der Waals surface area contributed by atoms with Crippen LogP contribution >= 0.6 is 11.8 Å². The maximum absolute atomic E-state index is 12.9. The van der Waals surface area contributed by atoms with E-state index < -0.39 is 11.7 Å². The van der Waals surface area contributed by atoms with Gasteiger partial charge in [-0.05, 0) is 43.7 Å². The molecule has 1 amide bonds. The van der Waals surface area contributed by atoms with Crippen LogP contribution < -0.4 is 4.90 Å². The Bertz CT molecular complexity index is 979. The Morgan fingerprint density at radius 2 is 1.90 bits per heavy atom. The number of alkyl halides is 3. The van der Waals surface area contributed by atoms with Gasteiger partial charge in [-0.2, -0.15) is 18.4 Å². The highest BCUT2D eigenvalue weighted by atomic mass is 32.2. The number of carbonyl (C=O) groups excluding carboxylic acids is 1. The topological polar surface area (TPSA) is 60.2 Å². The summed E-state index contributed by atoms with van der Waals surface area (Å²) < 4.78 is 38.8. The Labute approximate surface area is 177 Å². The second-order valence-corrected chi connectivity index (χ2v) is 8.04. The number of pyridine rings is 1. The number of halogens is 3. The number of rotatable bonds is 4. The van der Waals surface area contributed by atoms with Crippen molar-refractivity contribution < 1.29 is 18.0 Å². The molecule has 1 aliphatic heterocycles.